The van der Waals surface area contributed by atoms with Crippen LogP contribution in [0.4, 0.5) is 0 Å². The topological polar surface area (TPSA) is 55.8 Å². The molecule has 0 aromatic carbocycles. The van der Waals surface area contributed by atoms with Gasteiger partial charge in [0, 0.05) is 12.8 Å². The van der Waals surface area contributed by atoms with Crippen LogP contribution in [0.25, 0.3) is 0 Å². The van der Waals surface area contributed by atoms with Gasteiger partial charge in [-0.2, -0.15) is 0 Å². The lowest BCUT2D eigenvalue weighted by molar-refractivity contribution is -0.127. The molecule has 4 saturated carbocycles. The van der Waals surface area contributed by atoms with Crippen LogP contribution in [0, 0.1) is 28.1 Å². The third-order valence-electron chi connectivity index (χ3n) is 15.7. The van der Waals surface area contributed by atoms with Gasteiger partial charge in [0.2, 0.25) is 0 Å². The molecule has 0 aromatic heterocycles. The first kappa shape index (κ1) is 45.6. The van der Waals surface area contributed by atoms with Crippen LogP contribution in [0.3, 0.4) is 0 Å². The lowest BCUT2D eigenvalue weighted by atomic mass is 9.57. The van der Waals surface area contributed by atoms with Crippen molar-refractivity contribution in [3.8, 4) is 0 Å². The molecule has 6 atom stereocenters. The van der Waals surface area contributed by atoms with Crippen molar-refractivity contribution >= 4 is 22.4 Å². The number of allylic oxidation sites excluding steroid dienone is 4. The van der Waals surface area contributed by atoms with E-state index in [1.807, 2.05) is 6.08 Å². The molecule has 4 rings (SSSR count). The Hall–Kier alpha value is -1.06. The Bertz CT molecular complexity index is 1410. The molecular formula is C48H84O4Si2. The van der Waals surface area contributed by atoms with E-state index in [4.69, 9.17) is 15.4 Å². The summed E-state index contributed by atoms with van der Waals surface area (Å²) < 4.78 is 14.2. The molecule has 4 fully saturated rings. The molecule has 0 spiro atoms. The summed E-state index contributed by atoms with van der Waals surface area (Å²) in [5.41, 5.74) is 3.68. The van der Waals surface area contributed by atoms with Crippen LogP contribution in [-0.2, 0) is 13.6 Å². The molecule has 4 nitrogen and oxygen atoms in total. The third-order valence-corrected chi connectivity index (χ3v) is 24.7. The van der Waals surface area contributed by atoms with Gasteiger partial charge < -0.3 is 14.0 Å². The molecule has 0 saturated heterocycles. The number of fused-ring (bicyclic) bond motifs is 1. The number of unbranched alkanes of at least 4 members (excludes halogenated alkanes) is 4. The summed E-state index contributed by atoms with van der Waals surface area (Å²) >= 11 is 0. The number of rotatable bonds is 16. The van der Waals surface area contributed by atoms with Gasteiger partial charge in [0.1, 0.15) is 5.78 Å². The normalized spacial score (nSPS) is 30.3. The molecule has 1 N–H and O–H groups in total. The van der Waals surface area contributed by atoms with Crippen LogP contribution < -0.4 is 0 Å². The van der Waals surface area contributed by atoms with Gasteiger partial charge in [-0.1, -0.05) is 131 Å². The number of carbonyl (C=O) groups excluding carboxylic acids is 1. The van der Waals surface area contributed by atoms with Gasteiger partial charge in [-0.25, -0.2) is 0 Å². The number of hydrogen-bond donors (Lipinski definition) is 1. The zero-order chi connectivity index (χ0) is 40.5. The second-order valence-corrected chi connectivity index (χ2v) is 31.7. The second-order valence-electron chi connectivity index (χ2n) is 22.2. The minimum atomic E-state index is -2.02. The summed E-state index contributed by atoms with van der Waals surface area (Å²) in [6.45, 7) is 37.7. The van der Waals surface area contributed by atoms with E-state index < -0.39 is 28.2 Å². The van der Waals surface area contributed by atoms with E-state index in [1.165, 1.54) is 50.5 Å². The second kappa shape index (κ2) is 17.0. The maximum absolute atomic E-state index is 13.3. The van der Waals surface area contributed by atoms with Crippen molar-refractivity contribution in [1.29, 1.82) is 0 Å². The van der Waals surface area contributed by atoms with Gasteiger partial charge in [0.25, 0.3) is 0 Å². The molecule has 54 heavy (non-hydrogen) atoms. The molecule has 0 amide bonds. The molecule has 1 unspecified atom stereocenters. The predicted molar refractivity (Wildman–Crippen MR) is 236 cm³/mol. The molecule has 0 heterocycles. The molecule has 308 valence electrons. The predicted octanol–water partition coefficient (Wildman–Crippen LogP) is 13.8. The number of aliphatic hydroxyl groups excluding tert-OH is 1. The van der Waals surface area contributed by atoms with Crippen molar-refractivity contribution in [2.24, 2.45) is 28.1 Å². The fourth-order valence-electron chi connectivity index (χ4n) is 9.88. The molecule has 4 aliphatic rings. The number of ketones is 1. The standard InChI is InChI=1S/C48H84O4Si2/c1-16-17-18-19-20-23-42(49)48(31-32-48)43(50)28-30-46(9,10)41-27-26-39-36(22-21-29-47(39,41)11)24-25-37-33-38(51-53(12,13)44(3,4)5)34-40(35(37)2)52-54(14,15)45(6,7)8/h24-25,28,30,38-41,43,50H,2,16-23,26-27,29,31-34H2,1,3-15H3/t38-,39+,40+,41-,43?,47+/m1/s1. The average Bonchev–Trinajstić information content (AvgIpc) is 3.78. The highest BCUT2D eigenvalue weighted by atomic mass is 28.4. The molecule has 0 aliphatic heterocycles. The summed E-state index contributed by atoms with van der Waals surface area (Å²) in [4.78, 5) is 13.3. The highest BCUT2D eigenvalue weighted by molar-refractivity contribution is 6.74. The molecule has 6 heteroatoms. The molecule has 0 bridgehead atoms. The smallest absolute Gasteiger partial charge is 0.192 e. The fourth-order valence-corrected chi connectivity index (χ4v) is 12.5. The molecular weight excluding hydrogens is 697 g/mol. The van der Waals surface area contributed by atoms with Crippen molar-refractivity contribution in [3.63, 3.8) is 0 Å². The SMILES string of the molecule is C=C1C(=CC=C2CCC[C@]3(C)[C@@H](C(C)(C)C=CC(O)C4(C(=O)CCCCCCC)CC4)CC[C@@H]23)C[C@@H](O[Si](C)(C)C(C)(C)C)C[C@@H]1O[Si](C)(C)C(C)(C)C. The summed E-state index contributed by atoms with van der Waals surface area (Å²) in [6, 6.07) is 0. The van der Waals surface area contributed by atoms with Crippen molar-refractivity contribution < 1.29 is 18.8 Å². The van der Waals surface area contributed by atoms with E-state index in [2.05, 4.69) is 114 Å². The van der Waals surface area contributed by atoms with Crippen LogP contribution in [0.15, 0.2) is 47.6 Å². The van der Waals surface area contributed by atoms with Gasteiger partial charge in [0.15, 0.2) is 16.6 Å². The maximum atomic E-state index is 13.3. The zero-order valence-corrected chi connectivity index (χ0v) is 39.7. The summed E-state index contributed by atoms with van der Waals surface area (Å²) in [5.74, 6) is 1.37. The van der Waals surface area contributed by atoms with Gasteiger partial charge in [-0.3, -0.25) is 4.79 Å². The van der Waals surface area contributed by atoms with Gasteiger partial charge in [0.05, 0.1) is 23.7 Å². The number of hydrogen-bond acceptors (Lipinski definition) is 4. The van der Waals surface area contributed by atoms with Crippen LogP contribution in [0.1, 0.15) is 166 Å². The van der Waals surface area contributed by atoms with Gasteiger partial charge in [-0.05, 0) is 128 Å². The fraction of sp³-hybridized carbons (Fsp3) is 0.812. The minimum absolute atomic E-state index is 0.00894. The van der Waals surface area contributed by atoms with E-state index in [-0.39, 0.29) is 38.9 Å². The average molecular weight is 781 g/mol. The van der Waals surface area contributed by atoms with Crippen molar-refractivity contribution in [1.82, 2.24) is 0 Å². The first-order valence-electron chi connectivity index (χ1n) is 22.2. The van der Waals surface area contributed by atoms with E-state index >= 15 is 0 Å². The van der Waals surface area contributed by atoms with Gasteiger partial charge in [-0.15, -0.1) is 0 Å². The quantitative estimate of drug-likeness (QED) is 0.0963. The number of carbonyl (C=O) groups is 1. The first-order valence-corrected chi connectivity index (χ1v) is 28.0. The van der Waals surface area contributed by atoms with Gasteiger partial charge >= 0.3 is 0 Å². The largest absolute Gasteiger partial charge is 0.413 e. The monoisotopic (exact) mass is 781 g/mol. The lowest BCUT2D eigenvalue weighted by Gasteiger charge is -2.47. The molecule has 0 aromatic rings. The van der Waals surface area contributed by atoms with Crippen molar-refractivity contribution in [2.75, 3.05) is 0 Å². The van der Waals surface area contributed by atoms with E-state index in [1.54, 1.807) is 5.57 Å². The lowest BCUT2D eigenvalue weighted by Crippen LogP contribution is -2.49. The van der Waals surface area contributed by atoms with Crippen LogP contribution >= 0.6 is 0 Å². The Balaban J connectivity index is 1.52. The highest BCUT2D eigenvalue weighted by Crippen LogP contribution is 2.62. The first-order chi connectivity index (χ1) is 24.8. The third kappa shape index (κ3) is 10.1. The van der Waals surface area contributed by atoms with Crippen LogP contribution in [-0.4, -0.2) is 45.8 Å². The number of Topliss-reactive ketones (excluding diaryl/α,β-unsaturated/α-hetero) is 1. The van der Waals surface area contributed by atoms with E-state index in [0.29, 0.717) is 18.3 Å². The molecule has 4 aliphatic carbocycles. The number of aliphatic hydroxyl groups is 1. The summed E-state index contributed by atoms with van der Waals surface area (Å²) in [6.07, 6.45) is 24.5. The van der Waals surface area contributed by atoms with Crippen LogP contribution in [0.5, 0.6) is 0 Å². The maximum Gasteiger partial charge on any atom is 0.192 e. The Labute approximate surface area is 335 Å². The van der Waals surface area contributed by atoms with E-state index in [9.17, 15) is 9.90 Å². The van der Waals surface area contributed by atoms with Crippen LogP contribution in [0.2, 0.25) is 36.3 Å². The summed E-state index contributed by atoms with van der Waals surface area (Å²) in [5, 5.41) is 11.7. The molecule has 0 radical (unpaired) electrons. The Kier molecular flexibility index (Phi) is 14.4. The van der Waals surface area contributed by atoms with Crippen molar-refractivity contribution in [3.05, 3.63) is 47.6 Å². The Morgan fingerprint density at radius 2 is 1.52 bits per heavy atom. The summed E-state index contributed by atoms with van der Waals surface area (Å²) in [7, 11) is -3.99. The Morgan fingerprint density at radius 3 is 2.11 bits per heavy atom. The minimum Gasteiger partial charge on any atom is -0.413 e. The highest BCUT2D eigenvalue weighted by Gasteiger charge is 2.55. The zero-order valence-electron chi connectivity index (χ0n) is 37.7. The van der Waals surface area contributed by atoms with E-state index in [0.717, 1.165) is 50.5 Å². The Morgan fingerprint density at radius 1 is 0.907 bits per heavy atom. The van der Waals surface area contributed by atoms with Crippen molar-refractivity contribution in [2.45, 2.75) is 220 Å².